The summed E-state index contributed by atoms with van der Waals surface area (Å²) < 4.78 is 0. The van der Waals surface area contributed by atoms with Crippen LogP contribution in [0.15, 0.2) is 24.3 Å². The molecular weight excluding hydrogens is 236 g/mol. The average Bonchev–Trinajstić information content (AvgIpc) is 2.40. The van der Waals surface area contributed by atoms with E-state index in [0.717, 1.165) is 30.7 Å². The van der Waals surface area contributed by atoms with Crippen LogP contribution in [-0.2, 0) is 6.42 Å². The minimum absolute atomic E-state index is 0.0541. The fourth-order valence-electron chi connectivity index (χ4n) is 2.82. The Morgan fingerprint density at radius 2 is 2.05 bits per heavy atom. The summed E-state index contributed by atoms with van der Waals surface area (Å²) in [6, 6.07) is 8.12. The Morgan fingerprint density at radius 3 is 2.68 bits per heavy atom. The van der Waals surface area contributed by atoms with Gasteiger partial charge >= 0.3 is 0 Å². The van der Waals surface area contributed by atoms with Crippen molar-refractivity contribution in [3.8, 4) is 0 Å². The van der Waals surface area contributed by atoms with Gasteiger partial charge in [-0.15, -0.1) is 0 Å². The molecule has 0 bridgehead atoms. The SMILES string of the molecule is CC1CCCC(NC(=O)c2ccc(CCN)cc2)C1. The van der Waals surface area contributed by atoms with Crippen molar-refractivity contribution >= 4 is 5.91 Å². The number of amides is 1. The second kappa shape index (κ2) is 6.71. The smallest absolute Gasteiger partial charge is 0.251 e. The van der Waals surface area contributed by atoms with Crippen LogP contribution in [0, 0.1) is 5.92 Å². The molecule has 19 heavy (non-hydrogen) atoms. The Bertz CT molecular complexity index is 413. The van der Waals surface area contributed by atoms with Crippen molar-refractivity contribution in [1.29, 1.82) is 0 Å². The summed E-state index contributed by atoms with van der Waals surface area (Å²) in [4.78, 5) is 12.2. The zero-order valence-corrected chi connectivity index (χ0v) is 11.7. The highest BCUT2D eigenvalue weighted by atomic mass is 16.1. The van der Waals surface area contributed by atoms with Crippen molar-refractivity contribution in [2.75, 3.05) is 6.54 Å². The average molecular weight is 260 g/mol. The number of carbonyl (C=O) groups is 1. The fraction of sp³-hybridized carbons (Fsp3) is 0.562. The number of benzene rings is 1. The topological polar surface area (TPSA) is 55.1 Å². The third-order valence-corrected chi connectivity index (χ3v) is 3.92. The molecule has 1 aromatic carbocycles. The van der Waals surface area contributed by atoms with E-state index in [0.29, 0.717) is 12.6 Å². The van der Waals surface area contributed by atoms with Crippen molar-refractivity contribution in [3.05, 3.63) is 35.4 Å². The number of nitrogens with one attached hydrogen (secondary N) is 1. The number of hydrogen-bond donors (Lipinski definition) is 2. The summed E-state index contributed by atoms with van der Waals surface area (Å²) in [5, 5.41) is 3.15. The van der Waals surface area contributed by atoms with E-state index >= 15 is 0 Å². The van der Waals surface area contributed by atoms with Crippen molar-refractivity contribution in [2.24, 2.45) is 11.7 Å². The quantitative estimate of drug-likeness (QED) is 0.874. The minimum Gasteiger partial charge on any atom is -0.349 e. The van der Waals surface area contributed by atoms with Crippen LogP contribution in [0.3, 0.4) is 0 Å². The Balaban J connectivity index is 1.91. The molecule has 0 aliphatic heterocycles. The Kier molecular flexibility index (Phi) is 4.97. The Hall–Kier alpha value is -1.35. The van der Waals surface area contributed by atoms with E-state index in [2.05, 4.69) is 12.2 Å². The van der Waals surface area contributed by atoms with Crippen LogP contribution in [0.5, 0.6) is 0 Å². The standard InChI is InChI=1S/C16H24N2O/c1-12-3-2-4-15(11-12)18-16(19)14-7-5-13(6-8-14)9-10-17/h5-8,12,15H,2-4,9-11,17H2,1H3,(H,18,19). The van der Waals surface area contributed by atoms with E-state index < -0.39 is 0 Å². The Labute approximate surface area is 115 Å². The van der Waals surface area contributed by atoms with Crippen molar-refractivity contribution in [3.63, 3.8) is 0 Å². The molecule has 1 aromatic rings. The molecule has 3 heteroatoms. The maximum atomic E-state index is 12.2. The fourth-order valence-corrected chi connectivity index (χ4v) is 2.82. The first-order valence-electron chi connectivity index (χ1n) is 7.29. The predicted molar refractivity (Wildman–Crippen MR) is 78.1 cm³/mol. The van der Waals surface area contributed by atoms with Crippen LogP contribution >= 0.6 is 0 Å². The molecule has 0 saturated heterocycles. The molecular formula is C16H24N2O. The van der Waals surface area contributed by atoms with Gasteiger partial charge in [-0.2, -0.15) is 0 Å². The highest BCUT2D eigenvalue weighted by molar-refractivity contribution is 5.94. The largest absolute Gasteiger partial charge is 0.349 e. The normalized spacial score (nSPS) is 23.1. The maximum Gasteiger partial charge on any atom is 0.251 e. The molecule has 3 nitrogen and oxygen atoms in total. The number of carbonyl (C=O) groups excluding carboxylic acids is 1. The van der Waals surface area contributed by atoms with Crippen molar-refractivity contribution < 1.29 is 4.79 Å². The molecule has 2 rings (SSSR count). The molecule has 1 fully saturated rings. The van der Waals surface area contributed by atoms with Gasteiger partial charge in [0.2, 0.25) is 0 Å². The third kappa shape index (κ3) is 4.06. The minimum atomic E-state index is 0.0541. The molecule has 2 atom stereocenters. The van der Waals surface area contributed by atoms with Crippen LogP contribution in [0.4, 0.5) is 0 Å². The summed E-state index contributed by atoms with van der Waals surface area (Å²) in [5.41, 5.74) is 7.45. The number of rotatable bonds is 4. The van der Waals surface area contributed by atoms with E-state index in [1.165, 1.54) is 18.4 Å². The molecule has 104 valence electrons. The highest BCUT2D eigenvalue weighted by Crippen LogP contribution is 2.23. The lowest BCUT2D eigenvalue weighted by atomic mass is 9.87. The molecule has 2 unspecified atom stereocenters. The predicted octanol–water partition coefficient (Wildman–Crippen LogP) is 2.50. The van der Waals surface area contributed by atoms with Crippen LogP contribution in [0.25, 0.3) is 0 Å². The second-order valence-corrected chi connectivity index (χ2v) is 5.68. The summed E-state index contributed by atoms with van der Waals surface area (Å²) >= 11 is 0. The van der Waals surface area contributed by atoms with Gasteiger partial charge in [0, 0.05) is 11.6 Å². The van der Waals surface area contributed by atoms with Crippen molar-refractivity contribution in [1.82, 2.24) is 5.32 Å². The summed E-state index contributed by atoms with van der Waals surface area (Å²) in [6.07, 6.45) is 5.60. The Morgan fingerprint density at radius 1 is 1.32 bits per heavy atom. The lowest BCUT2D eigenvalue weighted by Crippen LogP contribution is -2.37. The van der Waals surface area contributed by atoms with Crippen LogP contribution in [0.2, 0.25) is 0 Å². The molecule has 1 amide bonds. The van der Waals surface area contributed by atoms with E-state index in [4.69, 9.17) is 5.73 Å². The second-order valence-electron chi connectivity index (χ2n) is 5.68. The first-order valence-corrected chi connectivity index (χ1v) is 7.29. The van der Waals surface area contributed by atoms with Gasteiger partial charge in [-0.3, -0.25) is 4.79 Å². The number of nitrogens with two attached hydrogens (primary N) is 1. The summed E-state index contributed by atoms with van der Waals surface area (Å²) in [5.74, 6) is 0.782. The van der Waals surface area contributed by atoms with E-state index in [1.54, 1.807) is 0 Å². The molecule has 0 spiro atoms. The molecule has 0 aromatic heterocycles. The molecule has 0 heterocycles. The number of hydrogen-bond acceptors (Lipinski definition) is 2. The third-order valence-electron chi connectivity index (χ3n) is 3.92. The lowest BCUT2D eigenvalue weighted by molar-refractivity contribution is 0.0921. The van der Waals surface area contributed by atoms with Gasteiger partial charge in [0.15, 0.2) is 0 Å². The highest BCUT2D eigenvalue weighted by Gasteiger charge is 2.20. The molecule has 1 saturated carbocycles. The molecule has 1 aliphatic carbocycles. The zero-order chi connectivity index (χ0) is 13.7. The maximum absolute atomic E-state index is 12.2. The van der Waals surface area contributed by atoms with Crippen LogP contribution in [0.1, 0.15) is 48.5 Å². The molecule has 0 radical (unpaired) electrons. The first kappa shape index (κ1) is 14.1. The summed E-state index contributed by atoms with van der Waals surface area (Å²) in [7, 11) is 0. The lowest BCUT2D eigenvalue weighted by Gasteiger charge is -2.27. The van der Waals surface area contributed by atoms with E-state index in [9.17, 15) is 4.79 Å². The van der Waals surface area contributed by atoms with Crippen LogP contribution in [-0.4, -0.2) is 18.5 Å². The zero-order valence-electron chi connectivity index (χ0n) is 11.7. The van der Waals surface area contributed by atoms with E-state index in [1.807, 2.05) is 24.3 Å². The van der Waals surface area contributed by atoms with Gasteiger partial charge in [0.25, 0.3) is 5.91 Å². The van der Waals surface area contributed by atoms with Gasteiger partial charge in [-0.05, 0) is 49.4 Å². The first-order chi connectivity index (χ1) is 9.19. The van der Waals surface area contributed by atoms with Gasteiger partial charge in [-0.25, -0.2) is 0 Å². The monoisotopic (exact) mass is 260 g/mol. The van der Waals surface area contributed by atoms with Crippen molar-refractivity contribution in [2.45, 2.75) is 45.1 Å². The van der Waals surface area contributed by atoms with E-state index in [-0.39, 0.29) is 5.91 Å². The molecule has 1 aliphatic rings. The molecule has 3 N–H and O–H groups in total. The van der Waals surface area contributed by atoms with Gasteiger partial charge in [-0.1, -0.05) is 31.9 Å². The summed E-state index contributed by atoms with van der Waals surface area (Å²) in [6.45, 7) is 2.91. The van der Waals surface area contributed by atoms with Gasteiger partial charge in [0.05, 0.1) is 0 Å². The van der Waals surface area contributed by atoms with Gasteiger partial charge < -0.3 is 11.1 Å². The van der Waals surface area contributed by atoms with Crippen LogP contribution < -0.4 is 11.1 Å². The van der Waals surface area contributed by atoms with Gasteiger partial charge in [0.1, 0.15) is 0 Å².